The van der Waals surface area contributed by atoms with Crippen molar-refractivity contribution < 1.29 is 17.6 Å². The molecule has 5 aromatic rings. The van der Waals surface area contributed by atoms with Crippen LogP contribution in [0.1, 0.15) is 22.5 Å². The van der Waals surface area contributed by atoms with Crippen LogP contribution in [0.2, 0.25) is 0 Å². The average molecular weight is 449 g/mol. The minimum atomic E-state index is -4.38. The molecule has 9 heteroatoms. The molecule has 0 atom stereocenters. The highest BCUT2D eigenvalue weighted by atomic mass is 19.4. The van der Waals surface area contributed by atoms with E-state index in [9.17, 15) is 13.2 Å². The molecule has 2 aromatic carbocycles. The summed E-state index contributed by atoms with van der Waals surface area (Å²) >= 11 is 0. The van der Waals surface area contributed by atoms with Gasteiger partial charge in [0.1, 0.15) is 5.82 Å². The number of nitrogens with zero attached hydrogens (tertiary/aromatic N) is 3. The highest BCUT2D eigenvalue weighted by molar-refractivity contribution is 5.82. The molecule has 0 spiro atoms. The predicted octanol–water partition coefficient (Wildman–Crippen LogP) is 6.27. The van der Waals surface area contributed by atoms with E-state index in [0.29, 0.717) is 28.7 Å². The zero-order valence-electron chi connectivity index (χ0n) is 17.4. The Balaban J connectivity index is 1.38. The number of imidazole rings is 1. The van der Waals surface area contributed by atoms with Gasteiger partial charge in [0.2, 0.25) is 0 Å². The van der Waals surface area contributed by atoms with Gasteiger partial charge in [-0.25, -0.2) is 9.97 Å². The van der Waals surface area contributed by atoms with Crippen molar-refractivity contribution in [3.63, 3.8) is 0 Å². The first-order valence-corrected chi connectivity index (χ1v) is 10.1. The van der Waals surface area contributed by atoms with Crippen molar-refractivity contribution in [2.45, 2.75) is 19.5 Å². The lowest BCUT2D eigenvalue weighted by molar-refractivity contribution is -0.137. The molecule has 0 bridgehead atoms. The second kappa shape index (κ2) is 8.09. The minimum Gasteiger partial charge on any atom is -0.423 e. The van der Waals surface area contributed by atoms with E-state index in [1.54, 1.807) is 24.7 Å². The van der Waals surface area contributed by atoms with Crippen LogP contribution < -0.4 is 5.32 Å². The lowest BCUT2D eigenvalue weighted by Crippen LogP contribution is -2.05. The number of anilines is 2. The summed E-state index contributed by atoms with van der Waals surface area (Å²) < 4.78 is 44.8. The first-order chi connectivity index (χ1) is 15.8. The SMILES string of the molecule is Cc1cc2[nH]c(Cc3cccc(C(F)(F)F)c3)nc2cc1Nc1ncc(-c2ccncc2)o1. The number of fused-ring (bicyclic) bond motifs is 1. The van der Waals surface area contributed by atoms with Crippen molar-refractivity contribution in [1.29, 1.82) is 0 Å². The van der Waals surface area contributed by atoms with Gasteiger partial charge in [0.05, 0.1) is 22.8 Å². The summed E-state index contributed by atoms with van der Waals surface area (Å²) in [6.07, 6.45) is 0.872. The van der Waals surface area contributed by atoms with E-state index in [1.807, 2.05) is 31.2 Å². The summed E-state index contributed by atoms with van der Waals surface area (Å²) in [4.78, 5) is 16.0. The lowest BCUT2D eigenvalue weighted by Gasteiger charge is -2.07. The van der Waals surface area contributed by atoms with E-state index in [-0.39, 0.29) is 6.42 Å². The second-order valence-electron chi connectivity index (χ2n) is 7.63. The molecule has 0 aliphatic heterocycles. The molecule has 6 nitrogen and oxygen atoms in total. The third-order valence-electron chi connectivity index (χ3n) is 5.22. The fourth-order valence-corrected chi connectivity index (χ4v) is 3.58. The molecule has 0 aliphatic carbocycles. The molecule has 2 N–H and O–H groups in total. The van der Waals surface area contributed by atoms with Gasteiger partial charge in [-0.15, -0.1) is 0 Å². The number of nitrogens with one attached hydrogen (secondary N) is 2. The molecule has 166 valence electrons. The number of hydrogen-bond donors (Lipinski definition) is 2. The molecule has 3 heterocycles. The smallest absolute Gasteiger partial charge is 0.416 e. The highest BCUT2D eigenvalue weighted by Crippen LogP contribution is 2.31. The fraction of sp³-hybridized carbons (Fsp3) is 0.125. The summed E-state index contributed by atoms with van der Waals surface area (Å²) in [6, 6.07) is 13.0. The molecular formula is C24H18F3N5O. The molecule has 0 saturated heterocycles. The van der Waals surface area contributed by atoms with Crippen LogP contribution in [0.5, 0.6) is 0 Å². The van der Waals surface area contributed by atoms with Crippen molar-refractivity contribution in [3.05, 3.63) is 89.6 Å². The molecule has 5 rings (SSSR count). The van der Waals surface area contributed by atoms with Crippen LogP contribution >= 0.6 is 0 Å². The summed E-state index contributed by atoms with van der Waals surface area (Å²) in [5.41, 5.74) is 3.90. The molecule has 33 heavy (non-hydrogen) atoms. The van der Waals surface area contributed by atoms with Crippen molar-refractivity contribution in [1.82, 2.24) is 19.9 Å². The zero-order chi connectivity index (χ0) is 23.0. The first-order valence-electron chi connectivity index (χ1n) is 10.1. The van der Waals surface area contributed by atoms with E-state index in [1.165, 1.54) is 6.07 Å². The maximum Gasteiger partial charge on any atom is 0.416 e. The molecule has 0 unspecified atom stereocenters. The Hall–Kier alpha value is -4.14. The maximum absolute atomic E-state index is 13.0. The molecule has 0 aliphatic rings. The monoisotopic (exact) mass is 449 g/mol. The molecule has 0 fully saturated rings. The number of hydrogen-bond acceptors (Lipinski definition) is 5. The van der Waals surface area contributed by atoms with Crippen LogP contribution in [0.15, 0.2) is 71.5 Å². The maximum atomic E-state index is 13.0. The second-order valence-corrected chi connectivity index (χ2v) is 7.63. The van der Waals surface area contributed by atoms with Crippen molar-refractivity contribution in [2.75, 3.05) is 5.32 Å². The van der Waals surface area contributed by atoms with Crippen LogP contribution in [0, 0.1) is 6.92 Å². The third kappa shape index (κ3) is 4.43. The number of oxazole rings is 1. The van der Waals surface area contributed by atoms with Crippen LogP contribution in [0.4, 0.5) is 24.9 Å². The van der Waals surface area contributed by atoms with Crippen molar-refractivity contribution in [3.8, 4) is 11.3 Å². The highest BCUT2D eigenvalue weighted by Gasteiger charge is 2.30. The first kappa shape index (κ1) is 20.7. The largest absolute Gasteiger partial charge is 0.423 e. The van der Waals surface area contributed by atoms with Gasteiger partial charge in [-0.05, 0) is 48.4 Å². The van der Waals surface area contributed by atoms with Crippen LogP contribution in [-0.2, 0) is 12.6 Å². The Kier molecular flexibility index (Phi) is 5.08. The van der Waals surface area contributed by atoms with Gasteiger partial charge >= 0.3 is 6.18 Å². The Morgan fingerprint density at radius 1 is 1.06 bits per heavy atom. The van der Waals surface area contributed by atoms with E-state index < -0.39 is 11.7 Å². The Bertz CT molecular complexity index is 1420. The van der Waals surface area contributed by atoms with Gasteiger partial charge in [-0.3, -0.25) is 4.98 Å². The standard InChI is InChI=1S/C24H18F3N5O/c1-14-9-19-20(31-22(30-19)11-15-3-2-4-17(10-15)24(25,26)27)12-18(14)32-23-29-13-21(33-23)16-5-7-28-8-6-16/h2-10,12-13H,11H2,1H3,(H,29,32)(H,30,31). The summed E-state index contributed by atoms with van der Waals surface area (Å²) in [7, 11) is 0. The predicted molar refractivity (Wildman–Crippen MR) is 118 cm³/mol. The number of H-pyrrole nitrogens is 1. The van der Waals surface area contributed by atoms with Gasteiger partial charge in [-0.1, -0.05) is 18.2 Å². The minimum absolute atomic E-state index is 0.259. The van der Waals surface area contributed by atoms with E-state index >= 15 is 0 Å². The number of alkyl halides is 3. The number of aryl methyl sites for hydroxylation is 1. The van der Waals surface area contributed by atoms with E-state index in [0.717, 1.165) is 34.5 Å². The van der Waals surface area contributed by atoms with Gasteiger partial charge < -0.3 is 14.7 Å². The Morgan fingerprint density at radius 3 is 2.67 bits per heavy atom. The van der Waals surface area contributed by atoms with Crippen LogP contribution in [0.25, 0.3) is 22.4 Å². The fourth-order valence-electron chi connectivity index (χ4n) is 3.58. The Morgan fingerprint density at radius 2 is 1.88 bits per heavy atom. The summed E-state index contributed by atoms with van der Waals surface area (Å²) in [5, 5.41) is 3.17. The van der Waals surface area contributed by atoms with Crippen molar-refractivity contribution >= 4 is 22.7 Å². The molecule has 0 saturated carbocycles. The molecule has 0 amide bonds. The van der Waals surface area contributed by atoms with E-state index in [2.05, 4.69) is 25.3 Å². The number of aromatic amines is 1. The summed E-state index contributed by atoms with van der Waals surface area (Å²) in [5.74, 6) is 1.19. The lowest BCUT2D eigenvalue weighted by atomic mass is 10.1. The number of pyridine rings is 1. The molecule has 0 radical (unpaired) electrons. The Labute approximate surface area is 186 Å². The zero-order valence-corrected chi connectivity index (χ0v) is 17.4. The quantitative estimate of drug-likeness (QED) is 0.330. The molecule has 3 aromatic heterocycles. The van der Waals surface area contributed by atoms with Crippen LogP contribution in [0.3, 0.4) is 0 Å². The average Bonchev–Trinajstić information content (AvgIpc) is 3.41. The molecular weight excluding hydrogens is 431 g/mol. The number of benzene rings is 2. The number of aromatic nitrogens is 4. The number of rotatable bonds is 5. The van der Waals surface area contributed by atoms with Gasteiger partial charge in [0.15, 0.2) is 5.76 Å². The van der Waals surface area contributed by atoms with Gasteiger partial charge in [0, 0.05) is 30.1 Å². The van der Waals surface area contributed by atoms with Crippen molar-refractivity contribution in [2.24, 2.45) is 0 Å². The topological polar surface area (TPSA) is 79.6 Å². The van der Waals surface area contributed by atoms with Gasteiger partial charge in [-0.2, -0.15) is 13.2 Å². The summed E-state index contributed by atoms with van der Waals surface area (Å²) in [6.45, 7) is 1.93. The number of halogens is 3. The third-order valence-corrected chi connectivity index (χ3v) is 5.22. The normalized spacial score (nSPS) is 11.8. The van der Waals surface area contributed by atoms with Crippen LogP contribution in [-0.4, -0.2) is 19.9 Å². The van der Waals surface area contributed by atoms with Gasteiger partial charge in [0.25, 0.3) is 6.01 Å². The van der Waals surface area contributed by atoms with E-state index in [4.69, 9.17) is 4.42 Å².